The Bertz CT molecular complexity index is 470. The van der Waals surface area contributed by atoms with Crippen LogP contribution in [-0.4, -0.2) is 23.9 Å². The van der Waals surface area contributed by atoms with Crippen molar-refractivity contribution in [2.45, 2.75) is 25.3 Å². The third-order valence-electron chi connectivity index (χ3n) is 3.17. The monoisotopic (exact) mass is 254 g/mol. The van der Waals surface area contributed by atoms with Crippen molar-refractivity contribution in [3.05, 3.63) is 35.1 Å². The number of piperidine rings is 1. The number of nitriles is 1. The molecule has 18 heavy (non-hydrogen) atoms. The van der Waals surface area contributed by atoms with E-state index in [1.807, 2.05) is 11.0 Å². The van der Waals surface area contributed by atoms with E-state index in [9.17, 15) is 13.2 Å². The van der Waals surface area contributed by atoms with Gasteiger partial charge in [-0.05, 0) is 23.8 Å². The van der Waals surface area contributed by atoms with Gasteiger partial charge in [0.1, 0.15) is 5.82 Å². The molecule has 0 N–H and O–H groups in total. The fraction of sp³-hybridized carbons (Fsp3) is 0.462. The predicted molar refractivity (Wildman–Crippen MR) is 60.6 cm³/mol. The van der Waals surface area contributed by atoms with Crippen LogP contribution in [0.15, 0.2) is 18.2 Å². The Morgan fingerprint density at radius 3 is 2.56 bits per heavy atom. The molecular formula is C13H13F3N2. The highest BCUT2D eigenvalue weighted by molar-refractivity contribution is 5.37. The summed E-state index contributed by atoms with van der Waals surface area (Å²) in [4.78, 5) is 1.83. The first-order chi connectivity index (χ1) is 8.50. The van der Waals surface area contributed by atoms with Crippen molar-refractivity contribution in [2.24, 2.45) is 0 Å². The molecule has 1 aliphatic heterocycles. The molecular weight excluding hydrogens is 241 g/mol. The van der Waals surface area contributed by atoms with Gasteiger partial charge >= 0.3 is 0 Å². The summed E-state index contributed by atoms with van der Waals surface area (Å²) in [7, 11) is 0. The van der Waals surface area contributed by atoms with Crippen molar-refractivity contribution in [3.63, 3.8) is 0 Å². The van der Waals surface area contributed by atoms with Crippen molar-refractivity contribution >= 4 is 0 Å². The lowest BCUT2D eigenvalue weighted by Gasteiger charge is -2.31. The van der Waals surface area contributed by atoms with Crippen LogP contribution in [0, 0.1) is 17.1 Å². The Hall–Kier alpha value is -1.54. The first-order valence-electron chi connectivity index (χ1n) is 5.79. The van der Waals surface area contributed by atoms with Crippen molar-refractivity contribution in [2.75, 3.05) is 13.1 Å². The minimum absolute atomic E-state index is 0.176. The van der Waals surface area contributed by atoms with Crippen LogP contribution in [-0.2, 0) is 6.54 Å². The van der Waals surface area contributed by atoms with Gasteiger partial charge in [0, 0.05) is 32.5 Å². The van der Waals surface area contributed by atoms with Gasteiger partial charge < -0.3 is 0 Å². The number of halogens is 3. The zero-order chi connectivity index (χ0) is 13.2. The average Bonchev–Trinajstić information content (AvgIpc) is 2.32. The van der Waals surface area contributed by atoms with Gasteiger partial charge in [-0.2, -0.15) is 5.26 Å². The normalized spacial score (nSPS) is 19.4. The molecule has 1 heterocycles. The summed E-state index contributed by atoms with van der Waals surface area (Å²) in [6.45, 7) is 0.888. The molecule has 5 heteroatoms. The van der Waals surface area contributed by atoms with Crippen LogP contribution in [0.25, 0.3) is 0 Å². The van der Waals surface area contributed by atoms with Crippen molar-refractivity contribution in [1.29, 1.82) is 5.26 Å². The maximum Gasteiger partial charge on any atom is 0.250 e. The second-order valence-corrected chi connectivity index (χ2v) is 4.55. The number of hydrogen-bond acceptors (Lipinski definition) is 2. The van der Waals surface area contributed by atoms with Gasteiger partial charge in [0.05, 0.1) is 11.6 Å². The molecule has 0 amide bonds. The molecule has 1 aromatic rings. The average molecular weight is 254 g/mol. The summed E-state index contributed by atoms with van der Waals surface area (Å²) in [5, 5.41) is 8.91. The molecule has 0 unspecified atom stereocenters. The van der Waals surface area contributed by atoms with Crippen LogP contribution in [0.5, 0.6) is 0 Å². The Kier molecular flexibility index (Phi) is 3.58. The van der Waals surface area contributed by atoms with Crippen molar-refractivity contribution in [3.8, 4) is 6.07 Å². The minimum atomic E-state index is -2.59. The smallest absolute Gasteiger partial charge is 0.250 e. The van der Waals surface area contributed by atoms with Crippen molar-refractivity contribution < 1.29 is 13.2 Å². The Balaban J connectivity index is 2.07. The molecule has 2 nitrogen and oxygen atoms in total. The third-order valence-corrected chi connectivity index (χ3v) is 3.17. The highest BCUT2D eigenvalue weighted by atomic mass is 19.3. The van der Waals surface area contributed by atoms with Gasteiger partial charge in [-0.3, -0.25) is 4.90 Å². The summed E-state index contributed by atoms with van der Waals surface area (Å²) in [5.41, 5.74) is 0.955. The van der Waals surface area contributed by atoms with Gasteiger partial charge in [0.2, 0.25) is 0 Å². The van der Waals surface area contributed by atoms with Crippen LogP contribution in [0.3, 0.4) is 0 Å². The lowest BCUT2D eigenvalue weighted by Crippen LogP contribution is -2.38. The van der Waals surface area contributed by atoms with E-state index in [2.05, 4.69) is 0 Å². The second kappa shape index (κ2) is 4.99. The summed E-state index contributed by atoms with van der Waals surface area (Å²) < 4.78 is 39.1. The molecule has 2 rings (SSSR count). The lowest BCUT2D eigenvalue weighted by atomic mass is 10.0. The second-order valence-electron chi connectivity index (χ2n) is 4.55. The molecule has 96 valence electrons. The van der Waals surface area contributed by atoms with E-state index in [1.54, 1.807) is 0 Å². The topological polar surface area (TPSA) is 27.0 Å². The maximum atomic E-state index is 13.1. The number of alkyl halides is 2. The molecule has 1 saturated heterocycles. The SMILES string of the molecule is N#Cc1ccc(F)cc1CN1CCC(F)(F)CC1. The predicted octanol–water partition coefficient (Wildman–Crippen LogP) is 2.93. The van der Waals surface area contributed by atoms with Gasteiger partial charge in [0.25, 0.3) is 5.92 Å². The zero-order valence-electron chi connectivity index (χ0n) is 9.80. The number of hydrogen-bond donors (Lipinski definition) is 0. The van der Waals surface area contributed by atoms with Gasteiger partial charge in [-0.15, -0.1) is 0 Å². The summed E-state index contributed by atoms with van der Waals surface area (Å²) in [6.07, 6.45) is -0.353. The first kappa shape index (κ1) is 12.9. The van der Waals surface area contributed by atoms with E-state index < -0.39 is 11.7 Å². The molecule has 0 saturated carbocycles. The molecule has 1 fully saturated rings. The maximum absolute atomic E-state index is 13.1. The van der Waals surface area contributed by atoms with E-state index in [0.717, 1.165) is 0 Å². The minimum Gasteiger partial charge on any atom is -0.299 e. The van der Waals surface area contributed by atoms with E-state index in [-0.39, 0.29) is 25.9 Å². The molecule has 1 aromatic carbocycles. The highest BCUT2D eigenvalue weighted by Crippen LogP contribution is 2.28. The van der Waals surface area contributed by atoms with E-state index in [4.69, 9.17) is 5.26 Å². The first-order valence-corrected chi connectivity index (χ1v) is 5.79. The molecule has 0 spiro atoms. The van der Waals surface area contributed by atoms with Crippen LogP contribution in [0.1, 0.15) is 24.0 Å². The Morgan fingerprint density at radius 2 is 1.94 bits per heavy atom. The van der Waals surface area contributed by atoms with Crippen LogP contribution >= 0.6 is 0 Å². The molecule has 0 bridgehead atoms. The van der Waals surface area contributed by atoms with Crippen LogP contribution in [0.2, 0.25) is 0 Å². The van der Waals surface area contributed by atoms with E-state index in [1.165, 1.54) is 18.2 Å². The largest absolute Gasteiger partial charge is 0.299 e. The lowest BCUT2D eigenvalue weighted by molar-refractivity contribution is -0.0566. The standard InChI is InChI=1S/C13H13F3N2/c14-12-2-1-10(8-17)11(7-12)9-18-5-3-13(15,16)4-6-18/h1-2,7H,3-6,9H2. The molecule has 0 aromatic heterocycles. The summed E-state index contributed by atoms with van der Waals surface area (Å²) in [6, 6.07) is 5.93. The van der Waals surface area contributed by atoms with Crippen LogP contribution < -0.4 is 0 Å². The number of benzene rings is 1. The fourth-order valence-electron chi connectivity index (χ4n) is 2.08. The third kappa shape index (κ3) is 3.02. The van der Waals surface area contributed by atoms with Gasteiger partial charge in [-0.1, -0.05) is 0 Å². The summed E-state index contributed by atoms with van der Waals surface area (Å²) >= 11 is 0. The quantitative estimate of drug-likeness (QED) is 0.811. The Labute approximate surface area is 104 Å². The summed E-state index contributed by atoms with van der Waals surface area (Å²) in [5.74, 6) is -3.00. The molecule has 0 atom stereocenters. The van der Waals surface area contributed by atoms with E-state index in [0.29, 0.717) is 17.7 Å². The van der Waals surface area contributed by atoms with E-state index >= 15 is 0 Å². The Morgan fingerprint density at radius 1 is 1.28 bits per heavy atom. The van der Waals surface area contributed by atoms with Crippen LogP contribution in [0.4, 0.5) is 13.2 Å². The van der Waals surface area contributed by atoms with Gasteiger partial charge in [-0.25, -0.2) is 13.2 Å². The molecule has 1 aliphatic rings. The van der Waals surface area contributed by atoms with Crippen molar-refractivity contribution in [1.82, 2.24) is 4.90 Å². The highest BCUT2D eigenvalue weighted by Gasteiger charge is 2.33. The zero-order valence-corrected chi connectivity index (χ0v) is 9.80. The number of likely N-dealkylation sites (tertiary alicyclic amines) is 1. The molecule has 0 radical (unpaired) electrons. The fourth-order valence-corrected chi connectivity index (χ4v) is 2.08. The number of nitrogens with zero attached hydrogens (tertiary/aromatic N) is 2. The van der Waals surface area contributed by atoms with Gasteiger partial charge in [0.15, 0.2) is 0 Å². The molecule has 0 aliphatic carbocycles. The number of rotatable bonds is 2.